The van der Waals surface area contributed by atoms with Crippen LogP contribution in [0, 0.1) is 6.92 Å². The first-order valence-corrected chi connectivity index (χ1v) is 9.91. The van der Waals surface area contributed by atoms with Crippen molar-refractivity contribution >= 4 is 23.3 Å². The number of carbonyl (C=O) groups excluding carboxylic acids is 3. The predicted molar refractivity (Wildman–Crippen MR) is 112 cm³/mol. The van der Waals surface area contributed by atoms with Gasteiger partial charge >= 0.3 is 5.97 Å². The van der Waals surface area contributed by atoms with Gasteiger partial charge in [0.25, 0.3) is 0 Å². The largest absolute Gasteiger partial charge is 0.507 e. The average molecular weight is 492 g/mol. The van der Waals surface area contributed by atoms with Gasteiger partial charge in [-0.25, -0.2) is 4.79 Å². The fourth-order valence-corrected chi connectivity index (χ4v) is 3.95. The molecule has 2 aromatic carbocycles. The number of rotatable bonds is 6. The highest BCUT2D eigenvalue weighted by molar-refractivity contribution is 6.34. The standard InChI is InChI=1S/C22H20O13/c1-4-3-6(24)8(22(34)35)9-7(4)14(26)10-11(15(9)27)17(29)18(30)12(16(10)28)19(31)21(33)20(32)13(25)5(2)23/h3,5,13,20-21,23-25,28-30,32-33H,1-2H3,(H,34,35). The number of phenols is 4. The number of Topliss-reactive ketones (excluding diaryl/α,β-unsaturated/α-hetero) is 1. The number of aromatic hydroxyl groups is 4. The summed E-state index contributed by atoms with van der Waals surface area (Å²) in [6.07, 6.45) is -8.58. The summed E-state index contributed by atoms with van der Waals surface area (Å²) < 4.78 is 0. The molecule has 0 radical (unpaired) electrons. The van der Waals surface area contributed by atoms with Crippen LogP contribution in [0.1, 0.15) is 65.0 Å². The predicted octanol–water partition coefficient (Wildman–Crippen LogP) is -1.06. The number of carbonyl (C=O) groups is 4. The quantitative estimate of drug-likeness (QED) is 0.113. The van der Waals surface area contributed by atoms with Crippen LogP contribution in [0.2, 0.25) is 0 Å². The number of hydrogen-bond acceptors (Lipinski definition) is 12. The van der Waals surface area contributed by atoms with E-state index in [1.807, 2.05) is 0 Å². The fourth-order valence-electron chi connectivity index (χ4n) is 3.95. The molecular formula is C22H20O13. The zero-order valence-electron chi connectivity index (χ0n) is 18.0. The molecule has 0 spiro atoms. The van der Waals surface area contributed by atoms with Crippen LogP contribution >= 0.6 is 0 Å². The maximum absolute atomic E-state index is 13.2. The molecule has 9 N–H and O–H groups in total. The third-order valence-corrected chi connectivity index (χ3v) is 5.73. The number of carboxylic acids is 1. The second-order valence-corrected chi connectivity index (χ2v) is 8.00. The summed E-state index contributed by atoms with van der Waals surface area (Å²) >= 11 is 0. The van der Waals surface area contributed by atoms with E-state index < -0.39 is 104 Å². The highest BCUT2D eigenvalue weighted by Gasteiger charge is 2.44. The van der Waals surface area contributed by atoms with Gasteiger partial charge in [-0.1, -0.05) is 0 Å². The minimum Gasteiger partial charge on any atom is -0.507 e. The Morgan fingerprint density at radius 1 is 0.743 bits per heavy atom. The van der Waals surface area contributed by atoms with Crippen molar-refractivity contribution < 1.29 is 65.1 Å². The Morgan fingerprint density at radius 3 is 1.77 bits per heavy atom. The Balaban J connectivity index is 2.30. The smallest absolute Gasteiger partial charge is 0.340 e. The van der Waals surface area contributed by atoms with Crippen LogP contribution in [0.5, 0.6) is 23.0 Å². The van der Waals surface area contributed by atoms with Crippen molar-refractivity contribution in [2.75, 3.05) is 0 Å². The lowest BCUT2D eigenvalue weighted by molar-refractivity contribution is -0.0894. The number of fused-ring (bicyclic) bond motifs is 2. The molecule has 13 nitrogen and oxygen atoms in total. The van der Waals surface area contributed by atoms with E-state index >= 15 is 0 Å². The summed E-state index contributed by atoms with van der Waals surface area (Å²) in [6, 6.07) is 0.874. The molecule has 0 saturated carbocycles. The van der Waals surface area contributed by atoms with Gasteiger partial charge in [-0.3, -0.25) is 14.4 Å². The second-order valence-electron chi connectivity index (χ2n) is 8.00. The first kappa shape index (κ1) is 25.6. The number of carboxylic acid groups (broad SMARTS) is 1. The SMILES string of the molecule is Cc1cc(O)c(C(=O)O)c2c1C(=O)c1c(O)c(C(=O)C(O)C(O)C(O)C(C)O)c(O)c(O)c1C2=O. The summed E-state index contributed by atoms with van der Waals surface area (Å²) in [5.41, 5.74) is -5.83. The first-order chi connectivity index (χ1) is 16.1. The molecule has 3 rings (SSSR count). The monoisotopic (exact) mass is 492 g/mol. The molecular weight excluding hydrogens is 472 g/mol. The van der Waals surface area contributed by atoms with Gasteiger partial charge in [-0.15, -0.1) is 0 Å². The Morgan fingerprint density at radius 2 is 1.26 bits per heavy atom. The molecule has 186 valence electrons. The van der Waals surface area contributed by atoms with Crippen LogP contribution < -0.4 is 0 Å². The number of aromatic carboxylic acids is 1. The van der Waals surface area contributed by atoms with Crippen LogP contribution in [-0.4, -0.2) is 93.7 Å². The van der Waals surface area contributed by atoms with Crippen molar-refractivity contribution in [3.63, 3.8) is 0 Å². The highest BCUT2D eigenvalue weighted by atomic mass is 16.4. The molecule has 0 aromatic heterocycles. The molecule has 35 heavy (non-hydrogen) atoms. The van der Waals surface area contributed by atoms with Gasteiger partial charge in [-0.05, 0) is 25.5 Å². The van der Waals surface area contributed by atoms with Gasteiger partial charge in [0.05, 0.1) is 22.8 Å². The van der Waals surface area contributed by atoms with Crippen molar-refractivity contribution in [3.8, 4) is 23.0 Å². The summed E-state index contributed by atoms with van der Waals surface area (Å²) in [7, 11) is 0. The summed E-state index contributed by atoms with van der Waals surface area (Å²) in [5.74, 6) is -11.3. The van der Waals surface area contributed by atoms with Crippen LogP contribution in [0.4, 0.5) is 0 Å². The number of aliphatic hydroxyl groups excluding tert-OH is 4. The number of hydrogen-bond donors (Lipinski definition) is 9. The average Bonchev–Trinajstić information content (AvgIpc) is 2.77. The lowest BCUT2D eigenvalue weighted by atomic mass is 9.77. The van der Waals surface area contributed by atoms with Gasteiger partial charge < -0.3 is 46.0 Å². The molecule has 0 heterocycles. The van der Waals surface area contributed by atoms with E-state index in [0.29, 0.717) is 0 Å². The van der Waals surface area contributed by atoms with Crippen LogP contribution in [0.15, 0.2) is 6.07 Å². The first-order valence-electron chi connectivity index (χ1n) is 9.91. The Hall–Kier alpha value is -4.04. The molecule has 1 aliphatic rings. The zero-order valence-corrected chi connectivity index (χ0v) is 18.0. The molecule has 4 atom stereocenters. The lowest BCUT2D eigenvalue weighted by Gasteiger charge is -2.26. The van der Waals surface area contributed by atoms with E-state index in [0.717, 1.165) is 13.0 Å². The Bertz CT molecular complexity index is 1310. The second kappa shape index (κ2) is 8.63. The molecule has 0 aliphatic heterocycles. The van der Waals surface area contributed by atoms with E-state index in [-0.39, 0.29) is 5.56 Å². The van der Waals surface area contributed by atoms with E-state index in [9.17, 15) is 65.1 Å². The van der Waals surface area contributed by atoms with Gasteiger partial charge in [0.1, 0.15) is 40.9 Å². The van der Waals surface area contributed by atoms with Crippen molar-refractivity contribution in [2.24, 2.45) is 0 Å². The van der Waals surface area contributed by atoms with E-state index in [4.69, 9.17) is 0 Å². The van der Waals surface area contributed by atoms with Crippen LogP contribution in [-0.2, 0) is 0 Å². The summed E-state index contributed by atoms with van der Waals surface area (Å²) in [4.78, 5) is 50.8. The number of phenolic OH excluding ortho intramolecular Hbond substituents is 3. The molecule has 1 aliphatic carbocycles. The molecule has 0 saturated heterocycles. The summed E-state index contributed by atoms with van der Waals surface area (Å²) in [5, 5.41) is 90.1. The Labute approximate surface area is 195 Å². The van der Waals surface area contributed by atoms with Gasteiger partial charge in [-0.2, -0.15) is 0 Å². The van der Waals surface area contributed by atoms with Gasteiger partial charge in [0.15, 0.2) is 23.1 Å². The third-order valence-electron chi connectivity index (χ3n) is 5.73. The topological polar surface area (TPSA) is 250 Å². The third kappa shape index (κ3) is 3.66. The molecule has 2 aromatic rings. The number of ketones is 3. The summed E-state index contributed by atoms with van der Waals surface area (Å²) in [6.45, 7) is 2.26. The number of aliphatic hydroxyl groups is 4. The molecule has 13 heteroatoms. The van der Waals surface area contributed by atoms with Crippen molar-refractivity contribution in [1.82, 2.24) is 0 Å². The van der Waals surface area contributed by atoms with E-state index in [1.54, 1.807) is 0 Å². The van der Waals surface area contributed by atoms with Gasteiger partial charge in [0.2, 0.25) is 5.78 Å². The maximum Gasteiger partial charge on any atom is 0.340 e. The van der Waals surface area contributed by atoms with Crippen LogP contribution in [0.3, 0.4) is 0 Å². The van der Waals surface area contributed by atoms with Crippen LogP contribution in [0.25, 0.3) is 0 Å². The number of aryl methyl sites for hydroxylation is 1. The van der Waals surface area contributed by atoms with E-state index in [2.05, 4.69) is 0 Å². The lowest BCUT2D eigenvalue weighted by Crippen LogP contribution is -2.46. The maximum atomic E-state index is 13.2. The molecule has 0 amide bonds. The Kier molecular flexibility index (Phi) is 6.31. The molecule has 4 unspecified atom stereocenters. The number of benzene rings is 2. The van der Waals surface area contributed by atoms with E-state index in [1.165, 1.54) is 6.92 Å². The van der Waals surface area contributed by atoms with Crippen molar-refractivity contribution in [2.45, 2.75) is 38.3 Å². The van der Waals surface area contributed by atoms with Crippen molar-refractivity contribution in [3.05, 3.63) is 45.0 Å². The highest BCUT2D eigenvalue weighted by Crippen LogP contribution is 2.48. The molecule has 0 bridgehead atoms. The zero-order chi connectivity index (χ0) is 26.7. The minimum atomic E-state index is -2.58. The van der Waals surface area contributed by atoms with Crippen molar-refractivity contribution in [1.29, 1.82) is 0 Å². The van der Waals surface area contributed by atoms with Gasteiger partial charge in [0, 0.05) is 5.56 Å². The minimum absolute atomic E-state index is 0.0955. The fraction of sp³-hybridized carbons (Fsp3) is 0.273. The normalized spacial score (nSPS) is 16.2. The molecule has 0 fully saturated rings.